The Bertz CT molecular complexity index is 580. The summed E-state index contributed by atoms with van der Waals surface area (Å²) in [6, 6.07) is 0.0938. The van der Waals surface area contributed by atoms with Crippen LogP contribution in [-0.4, -0.2) is 24.8 Å². The van der Waals surface area contributed by atoms with Crippen LogP contribution in [-0.2, 0) is 4.74 Å². The highest BCUT2D eigenvalue weighted by molar-refractivity contribution is 5.62. The molecule has 2 atom stereocenters. The van der Waals surface area contributed by atoms with Crippen LogP contribution in [0, 0.1) is 0 Å². The number of anilines is 1. The predicted molar refractivity (Wildman–Crippen MR) is 84.1 cm³/mol. The van der Waals surface area contributed by atoms with E-state index in [2.05, 4.69) is 17.7 Å². The van der Waals surface area contributed by atoms with Crippen LogP contribution in [0.15, 0.2) is 9.59 Å². The van der Waals surface area contributed by atoms with Gasteiger partial charge in [-0.05, 0) is 38.5 Å². The van der Waals surface area contributed by atoms with Crippen LogP contribution >= 0.6 is 0 Å². The lowest BCUT2D eigenvalue weighted by Gasteiger charge is -2.32. The minimum Gasteiger partial charge on any atom is -0.402 e. The fraction of sp³-hybridized carbons (Fsp3) is 0.750. The Labute approximate surface area is 129 Å². The van der Waals surface area contributed by atoms with Gasteiger partial charge in [0.15, 0.2) is 0 Å². The van der Waals surface area contributed by atoms with Crippen molar-refractivity contribution in [2.24, 2.45) is 0 Å². The molecule has 0 amide bonds. The summed E-state index contributed by atoms with van der Waals surface area (Å²) in [7, 11) is 0. The third-order valence-corrected chi connectivity index (χ3v) is 4.85. The maximum Gasteiger partial charge on any atom is 0.274 e. The fourth-order valence-corrected chi connectivity index (χ4v) is 3.58. The highest BCUT2D eigenvalue weighted by Gasteiger charge is 2.47. The molecule has 1 aromatic carbocycles. The second-order valence-corrected chi connectivity index (χ2v) is 6.32. The maximum absolute atomic E-state index is 11.8. The summed E-state index contributed by atoms with van der Waals surface area (Å²) in [6.07, 6.45) is 7.13. The van der Waals surface area contributed by atoms with Gasteiger partial charge in [0.05, 0.1) is 11.6 Å². The highest BCUT2D eigenvalue weighted by Crippen LogP contribution is 2.42. The van der Waals surface area contributed by atoms with Gasteiger partial charge in [-0.2, -0.15) is 5.48 Å². The van der Waals surface area contributed by atoms with Crippen LogP contribution in [0.5, 0.6) is 5.75 Å². The second kappa shape index (κ2) is 6.38. The minimum absolute atomic E-state index is 0.0938. The molecule has 0 radical (unpaired) electrons. The van der Waals surface area contributed by atoms with Crippen LogP contribution in [0.4, 0.5) is 5.69 Å². The average molecular weight is 308 g/mol. The van der Waals surface area contributed by atoms with Crippen molar-refractivity contribution in [3.8, 4) is 5.75 Å². The third kappa shape index (κ3) is 2.65. The molecule has 1 heterocycles. The van der Waals surface area contributed by atoms with E-state index in [0.717, 1.165) is 51.6 Å². The van der Waals surface area contributed by atoms with Crippen LogP contribution in [0.25, 0.3) is 0 Å². The Balaban J connectivity index is 1.66. The summed E-state index contributed by atoms with van der Waals surface area (Å²) >= 11 is 0. The van der Waals surface area contributed by atoms with E-state index in [9.17, 15) is 9.59 Å². The predicted octanol–water partition coefficient (Wildman–Crippen LogP) is 1.48. The summed E-state index contributed by atoms with van der Waals surface area (Å²) in [5, 5.41) is 3.24. The van der Waals surface area contributed by atoms with Crippen LogP contribution in [0.1, 0.15) is 51.9 Å². The van der Waals surface area contributed by atoms with E-state index < -0.39 is 10.9 Å². The topological polar surface area (TPSA) is 76.7 Å². The van der Waals surface area contributed by atoms with E-state index >= 15 is 0 Å². The van der Waals surface area contributed by atoms with E-state index in [0.29, 0.717) is 12.2 Å². The number of unbranched alkanes of at least 4 members (excludes halogenated alkanes) is 1. The van der Waals surface area contributed by atoms with Gasteiger partial charge in [-0.15, -0.1) is 0 Å². The van der Waals surface area contributed by atoms with E-state index in [1.54, 1.807) is 0 Å². The molecule has 2 unspecified atom stereocenters. The third-order valence-electron chi connectivity index (χ3n) is 4.85. The number of hydrogen-bond donors (Lipinski definition) is 2. The SMILES string of the molecule is CCCCNOc1c(NC2CCCC23CCCO3)c(=O)c1=O. The van der Waals surface area contributed by atoms with Crippen LogP contribution in [0.3, 0.4) is 0 Å². The van der Waals surface area contributed by atoms with Crippen molar-refractivity contribution in [1.82, 2.24) is 5.48 Å². The first-order chi connectivity index (χ1) is 10.7. The Morgan fingerprint density at radius 2 is 2.09 bits per heavy atom. The zero-order valence-corrected chi connectivity index (χ0v) is 13.1. The summed E-state index contributed by atoms with van der Waals surface area (Å²) < 4.78 is 5.96. The van der Waals surface area contributed by atoms with E-state index in [1.807, 2.05) is 0 Å². The average Bonchev–Trinajstić information content (AvgIpc) is 3.16. The van der Waals surface area contributed by atoms with Crippen LogP contribution < -0.4 is 26.5 Å². The highest BCUT2D eigenvalue weighted by atomic mass is 16.6. The molecule has 0 aromatic heterocycles. The zero-order chi connectivity index (χ0) is 15.6. The molecule has 1 aliphatic carbocycles. The summed E-state index contributed by atoms with van der Waals surface area (Å²) in [6.45, 7) is 3.52. The van der Waals surface area contributed by atoms with Crippen molar-refractivity contribution >= 4 is 5.69 Å². The monoisotopic (exact) mass is 308 g/mol. The van der Waals surface area contributed by atoms with Gasteiger partial charge in [-0.25, -0.2) is 0 Å². The number of rotatable bonds is 7. The molecule has 1 saturated heterocycles. The van der Waals surface area contributed by atoms with E-state index in [4.69, 9.17) is 9.57 Å². The number of hydrogen-bond acceptors (Lipinski definition) is 6. The maximum atomic E-state index is 11.8. The van der Waals surface area contributed by atoms with Gasteiger partial charge in [0, 0.05) is 13.2 Å². The van der Waals surface area contributed by atoms with Crippen molar-refractivity contribution < 1.29 is 9.57 Å². The van der Waals surface area contributed by atoms with E-state index in [1.165, 1.54) is 0 Å². The molecule has 0 bridgehead atoms. The lowest BCUT2D eigenvalue weighted by Crippen LogP contribution is -2.46. The Morgan fingerprint density at radius 1 is 1.27 bits per heavy atom. The summed E-state index contributed by atoms with van der Waals surface area (Å²) in [5.74, 6) is 0.126. The van der Waals surface area contributed by atoms with Gasteiger partial charge >= 0.3 is 0 Å². The smallest absolute Gasteiger partial charge is 0.274 e. The standard InChI is InChI=1S/C16H24N2O4/c1-2-3-9-17-22-15-12(13(19)14(15)20)18-11-6-4-7-16(11)8-5-10-21-16/h11,17-18H,2-10H2,1H3. The fourth-order valence-electron chi connectivity index (χ4n) is 3.58. The Morgan fingerprint density at radius 3 is 2.82 bits per heavy atom. The van der Waals surface area contributed by atoms with Gasteiger partial charge in [-0.1, -0.05) is 13.3 Å². The molecule has 1 spiro atoms. The van der Waals surface area contributed by atoms with Gasteiger partial charge in [0.1, 0.15) is 5.69 Å². The molecule has 1 aromatic rings. The molecular weight excluding hydrogens is 284 g/mol. The molecule has 122 valence electrons. The summed E-state index contributed by atoms with van der Waals surface area (Å²) in [5.41, 5.74) is 1.88. The van der Waals surface area contributed by atoms with Crippen molar-refractivity contribution in [3.63, 3.8) is 0 Å². The first kappa shape index (κ1) is 15.5. The molecular formula is C16H24N2O4. The Hall–Kier alpha value is -1.40. The molecule has 2 fully saturated rings. The van der Waals surface area contributed by atoms with Crippen molar-refractivity contribution in [1.29, 1.82) is 0 Å². The lowest BCUT2D eigenvalue weighted by molar-refractivity contribution is 0.00264. The van der Waals surface area contributed by atoms with Crippen molar-refractivity contribution in [2.75, 3.05) is 18.5 Å². The number of nitrogens with one attached hydrogen (secondary N) is 2. The number of ether oxygens (including phenoxy) is 1. The summed E-state index contributed by atoms with van der Waals surface area (Å²) in [4.78, 5) is 28.8. The molecule has 6 nitrogen and oxygen atoms in total. The molecule has 1 aliphatic heterocycles. The molecule has 6 heteroatoms. The second-order valence-electron chi connectivity index (χ2n) is 6.32. The van der Waals surface area contributed by atoms with Gasteiger partial charge < -0.3 is 14.9 Å². The first-order valence-electron chi connectivity index (χ1n) is 8.31. The zero-order valence-electron chi connectivity index (χ0n) is 13.1. The first-order valence-corrected chi connectivity index (χ1v) is 8.31. The van der Waals surface area contributed by atoms with Gasteiger partial charge in [-0.3, -0.25) is 9.59 Å². The van der Waals surface area contributed by atoms with Gasteiger partial charge in [0.2, 0.25) is 5.75 Å². The lowest BCUT2D eigenvalue weighted by atomic mass is 9.93. The molecule has 2 N–H and O–H groups in total. The number of hydroxylamine groups is 1. The van der Waals surface area contributed by atoms with E-state index in [-0.39, 0.29) is 17.4 Å². The van der Waals surface area contributed by atoms with Crippen molar-refractivity contribution in [2.45, 2.75) is 63.5 Å². The molecule has 3 rings (SSSR count). The van der Waals surface area contributed by atoms with Crippen molar-refractivity contribution in [3.05, 3.63) is 20.4 Å². The molecule has 1 saturated carbocycles. The normalized spacial score (nSPS) is 27.8. The molecule has 22 heavy (non-hydrogen) atoms. The minimum atomic E-state index is -0.550. The van der Waals surface area contributed by atoms with Gasteiger partial charge in [0.25, 0.3) is 10.9 Å². The largest absolute Gasteiger partial charge is 0.402 e. The quantitative estimate of drug-likeness (QED) is 0.451. The van der Waals surface area contributed by atoms with Crippen LogP contribution in [0.2, 0.25) is 0 Å². The Kier molecular flexibility index (Phi) is 4.49. The molecule has 2 aliphatic rings.